The molecule has 1 aromatic carbocycles. The third kappa shape index (κ3) is 1.86. The Morgan fingerprint density at radius 1 is 1.46 bits per heavy atom. The van der Waals surface area contributed by atoms with Crippen molar-refractivity contribution < 1.29 is 14.3 Å². The first-order chi connectivity index (χ1) is 6.06. The van der Waals surface area contributed by atoms with Crippen LogP contribution in [0.3, 0.4) is 0 Å². The van der Waals surface area contributed by atoms with Gasteiger partial charge in [-0.25, -0.2) is 4.39 Å². The van der Waals surface area contributed by atoms with Crippen molar-refractivity contribution in [1.29, 1.82) is 0 Å². The van der Waals surface area contributed by atoms with Gasteiger partial charge in [0, 0.05) is 5.56 Å². The number of carbonyl (C=O) groups excluding carboxylic acids is 1. The molecule has 0 radical (unpaired) electrons. The second-order valence-corrected chi connectivity index (χ2v) is 3.21. The van der Waals surface area contributed by atoms with Crippen LogP contribution < -0.4 is 0 Å². The number of phenolic OH excluding ortho intramolecular Hbond substituents is 1. The number of hydrogen-bond acceptors (Lipinski definition) is 2. The van der Waals surface area contributed by atoms with Gasteiger partial charge in [-0.15, -0.1) is 0 Å². The summed E-state index contributed by atoms with van der Waals surface area (Å²) in [5.41, 5.74) is 0.958. The minimum atomic E-state index is -0.758. The van der Waals surface area contributed by atoms with Crippen LogP contribution in [0.4, 0.5) is 4.39 Å². The molecule has 0 saturated carbocycles. The van der Waals surface area contributed by atoms with Gasteiger partial charge in [0.05, 0.1) is 0 Å². The second kappa shape index (κ2) is 3.56. The van der Waals surface area contributed by atoms with Gasteiger partial charge in [0.1, 0.15) is 6.29 Å². The summed E-state index contributed by atoms with van der Waals surface area (Å²) < 4.78 is 12.8. The molecule has 1 N–H and O–H groups in total. The number of halogens is 1. The Morgan fingerprint density at radius 3 is 2.54 bits per heavy atom. The monoisotopic (exact) mass is 182 g/mol. The zero-order valence-electron chi connectivity index (χ0n) is 7.54. The Balaban J connectivity index is 3.32. The molecule has 0 aliphatic heterocycles. The second-order valence-electron chi connectivity index (χ2n) is 3.21. The van der Waals surface area contributed by atoms with Gasteiger partial charge >= 0.3 is 0 Å². The van der Waals surface area contributed by atoms with E-state index in [2.05, 4.69) is 0 Å². The predicted octanol–water partition coefficient (Wildman–Crippen LogP) is 2.47. The Kier molecular flexibility index (Phi) is 2.66. The first-order valence-corrected chi connectivity index (χ1v) is 4.04. The van der Waals surface area contributed by atoms with Gasteiger partial charge in [0.25, 0.3) is 0 Å². The molecule has 1 aromatic rings. The lowest BCUT2D eigenvalue weighted by atomic mass is 9.97. The Labute approximate surface area is 76.0 Å². The molecule has 0 fully saturated rings. The quantitative estimate of drug-likeness (QED) is 0.713. The smallest absolute Gasteiger partial charge is 0.165 e. The molecule has 0 amide bonds. The van der Waals surface area contributed by atoms with E-state index < -0.39 is 11.6 Å². The topological polar surface area (TPSA) is 37.3 Å². The first-order valence-electron chi connectivity index (χ1n) is 4.04. The highest BCUT2D eigenvalue weighted by Crippen LogP contribution is 2.25. The molecule has 0 heterocycles. The van der Waals surface area contributed by atoms with E-state index in [-0.39, 0.29) is 5.92 Å². The average molecular weight is 182 g/mol. The van der Waals surface area contributed by atoms with Crippen LogP contribution >= 0.6 is 0 Å². The van der Waals surface area contributed by atoms with Crippen molar-refractivity contribution in [2.24, 2.45) is 0 Å². The summed E-state index contributed by atoms with van der Waals surface area (Å²) >= 11 is 0. The Hall–Kier alpha value is -1.38. The third-order valence-electron chi connectivity index (χ3n) is 1.90. The highest BCUT2D eigenvalue weighted by atomic mass is 19.1. The lowest BCUT2D eigenvalue weighted by molar-refractivity contribution is 0.112. The number of phenols is 1. The number of benzene rings is 1. The molecule has 0 spiro atoms. The fraction of sp³-hybridized carbons (Fsp3) is 0.300. The summed E-state index contributed by atoms with van der Waals surface area (Å²) in [6.07, 6.45) is 0.595. The number of carbonyl (C=O) groups is 1. The third-order valence-corrected chi connectivity index (χ3v) is 1.90. The van der Waals surface area contributed by atoms with Gasteiger partial charge in [-0.2, -0.15) is 0 Å². The van der Waals surface area contributed by atoms with E-state index in [0.717, 1.165) is 6.07 Å². The van der Waals surface area contributed by atoms with Gasteiger partial charge in [0.15, 0.2) is 11.6 Å². The number of aromatic hydroxyl groups is 1. The van der Waals surface area contributed by atoms with E-state index in [9.17, 15) is 9.18 Å². The summed E-state index contributed by atoms with van der Waals surface area (Å²) in [6.45, 7) is 3.75. The Morgan fingerprint density at radius 2 is 2.08 bits per heavy atom. The number of hydrogen-bond donors (Lipinski definition) is 1. The van der Waals surface area contributed by atoms with Crippen molar-refractivity contribution >= 4 is 6.29 Å². The average Bonchev–Trinajstić information content (AvgIpc) is 2.08. The maximum absolute atomic E-state index is 12.8. The molecule has 70 valence electrons. The molecule has 0 aromatic heterocycles. The molecule has 0 atom stereocenters. The molecule has 3 heteroatoms. The number of rotatable bonds is 2. The molecule has 1 rings (SSSR count). The maximum Gasteiger partial charge on any atom is 0.165 e. The molecule has 0 saturated heterocycles. The molecule has 0 unspecified atom stereocenters. The van der Waals surface area contributed by atoms with Crippen LogP contribution in [0.1, 0.15) is 35.7 Å². The van der Waals surface area contributed by atoms with Crippen LogP contribution in [0.25, 0.3) is 0 Å². The van der Waals surface area contributed by atoms with Gasteiger partial charge in [-0.3, -0.25) is 4.79 Å². The van der Waals surface area contributed by atoms with E-state index >= 15 is 0 Å². The molecule has 0 aliphatic carbocycles. The van der Waals surface area contributed by atoms with E-state index in [4.69, 9.17) is 5.11 Å². The van der Waals surface area contributed by atoms with Crippen molar-refractivity contribution in [2.45, 2.75) is 19.8 Å². The normalized spacial score (nSPS) is 10.5. The van der Waals surface area contributed by atoms with Gasteiger partial charge in [0.2, 0.25) is 0 Å². The van der Waals surface area contributed by atoms with E-state index in [1.165, 1.54) is 6.07 Å². The van der Waals surface area contributed by atoms with Crippen LogP contribution in [0.15, 0.2) is 12.1 Å². The van der Waals surface area contributed by atoms with Crippen LogP contribution in [0, 0.1) is 5.82 Å². The van der Waals surface area contributed by atoms with Crippen LogP contribution in [0.5, 0.6) is 5.75 Å². The van der Waals surface area contributed by atoms with Crippen molar-refractivity contribution in [3.63, 3.8) is 0 Å². The van der Waals surface area contributed by atoms with Gasteiger partial charge in [-0.05, 0) is 23.6 Å². The highest BCUT2D eigenvalue weighted by Gasteiger charge is 2.10. The minimum Gasteiger partial charge on any atom is -0.505 e. The van der Waals surface area contributed by atoms with Crippen molar-refractivity contribution in [3.8, 4) is 5.75 Å². The predicted molar refractivity (Wildman–Crippen MR) is 47.5 cm³/mol. The lowest BCUT2D eigenvalue weighted by Crippen LogP contribution is -1.96. The zero-order valence-corrected chi connectivity index (χ0v) is 7.54. The number of aldehydes is 1. The van der Waals surface area contributed by atoms with E-state index in [1.807, 2.05) is 13.8 Å². The van der Waals surface area contributed by atoms with Crippen LogP contribution in [0.2, 0.25) is 0 Å². The fourth-order valence-electron chi connectivity index (χ4n) is 1.20. The molecular formula is C10H11FO2. The van der Waals surface area contributed by atoms with Crippen molar-refractivity contribution in [1.82, 2.24) is 0 Å². The summed E-state index contributed by atoms with van der Waals surface area (Å²) in [5.74, 6) is -1.08. The molecule has 0 bridgehead atoms. The SMILES string of the molecule is CC(C)c1cc(O)c(F)cc1C=O. The van der Waals surface area contributed by atoms with Crippen molar-refractivity contribution in [2.75, 3.05) is 0 Å². The molecular weight excluding hydrogens is 171 g/mol. The van der Waals surface area contributed by atoms with Crippen LogP contribution in [-0.2, 0) is 0 Å². The standard InChI is InChI=1S/C10H11FO2/c1-6(2)8-4-10(13)9(11)3-7(8)5-12/h3-6,13H,1-2H3. The highest BCUT2D eigenvalue weighted by molar-refractivity contribution is 5.78. The first kappa shape index (κ1) is 9.71. The van der Waals surface area contributed by atoms with Crippen molar-refractivity contribution in [3.05, 3.63) is 29.1 Å². The summed E-state index contributed by atoms with van der Waals surface area (Å²) in [6, 6.07) is 2.35. The zero-order chi connectivity index (χ0) is 10.0. The minimum absolute atomic E-state index is 0.0895. The van der Waals surface area contributed by atoms with Gasteiger partial charge in [-0.1, -0.05) is 13.8 Å². The summed E-state index contributed by atoms with van der Waals surface area (Å²) in [7, 11) is 0. The molecule has 0 aliphatic rings. The molecule has 2 nitrogen and oxygen atoms in total. The maximum atomic E-state index is 12.8. The van der Waals surface area contributed by atoms with Crippen LogP contribution in [-0.4, -0.2) is 11.4 Å². The van der Waals surface area contributed by atoms with E-state index in [0.29, 0.717) is 17.4 Å². The molecule has 13 heavy (non-hydrogen) atoms. The fourth-order valence-corrected chi connectivity index (χ4v) is 1.20. The summed E-state index contributed by atoms with van der Waals surface area (Å²) in [5, 5.41) is 9.08. The van der Waals surface area contributed by atoms with E-state index in [1.54, 1.807) is 0 Å². The van der Waals surface area contributed by atoms with Gasteiger partial charge < -0.3 is 5.11 Å². The summed E-state index contributed by atoms with van der Waals surface area (Å²) in [4.78, 5) is 10.5. The lowest BCUT2D eigenvalue weighted by Gasteiger charge is -2.09. The largest absolute Gasteiger partial charge is 0.505 e. The Bertz CT molecular complexity index is 332.